The average Bonchev–Trinajstić information content (AvgIpc) is 2.60. The maximum absolute atomic E-state index is 5.10. The molecule has 0 fully saturated rings. The summed E-state index contributed by atoms with van der Waals surface area (Å²) in [6, 6.07) is 0. The molecule has 5 heteroatoms. The zero-order valence-electron chi connectivity index (χ0n) is 5.51. The normalized spacial score (nSPS) is 33.8. The molecule has 0 aromatic heterocycles. The number of rotatable bonds is 2. The van der Waals surface area contributed by atoms with Crippen molar-refractivity contribution in [2.24, 2.45) is 0 Å². The third kappa shape index (κ3) is 1.51. The smallest absolute Gasteiger partial charge is 0.228 e. The Hall–Kier alpha value is -1.04. The van der Waals surface area contributed by atoms with Crippen LogP contribution in [0.1, 0.15) is 0 Å². The van der Waals surface area contributed by atoms with Crippen LogP contribution in [-0.2, 0) is 24.3 Å². The zero-order valence-corrected chi connectivity index (χ0v) is 5.51. The molecule has 0 aromatic rings. The highest BCUT2D eigenvalue weighted by atomic mass is 17.3. The Morgan fingerprint density at radius 3 is 1.82 bits per heavy atom. The molecule has 0 aliphatic carbocycles. The van der Waals surface area contributed by atoms with Crippen molar-refractivity contribution >= 4 is 0 Å². The lowest BCUT2D eigenvalue weighted by Gasteiger charge is -2.10. The highest BCUT2D eigenvalue weighted by molar-refractivity contribution is 4.85. The van der Waals surface area contributed by atoms with Crippen LogP contribution < -0.4 is 0 Å². The maximum Gasteiger partial charge on any atom is 0.228 e. The minimum atomic E-state index is -0.522. The summed E-state index contributed by atoms with van der Waals surface area (Å²) in [6.07, 6.45) is 4.96. The van der Waals surface area contributed by atoms with Crippen LogP contribution in [0.15, 0.2) is 24.7 Å². The van der Waals surface area contributed by atoms with Crippen LogP contribution in [0.2, 0.25) is 0 Å². The molecule has 0 amide bonds. The summed E-state index contributed by atoms with van der Waals surface area (Å²) in [5, 5.41) is 0. The molecule has 0 radical (unpaired) electrons. The predicted molar refractivity (Wildman–Crippen MR) is 31.3 cm³/mol. The van der Waals surface area contributed by atoms with Gasteiger partial charge in [-0.15, -0.1) is 0 Å². The fourth-order valence-electron chi connectivity index (χ4n) is 0.699. The van der Waals surface area contributed by atoms with E-state index in [0.717, 1.165) is 0 Å². The number of ether oxygens (including phenoxy) is 1. The first-order valence-electron chi connectivity index (χ1n) is 3.08. The van der Waals surface area contributed by atoms with E-state index in [9.17, 15) is 0 Å². The Balaban J connectivity index is 1.80. The van der Waals surface area contributed by atoms with E-state index in [0.29, 0.717) is 0 Å². The first kappa shape index (κ1) is 6.66. The molecule has 0 aromatic carbocycles. The fraction of sp³-hybridized carbons (Fsp3) is 0.333. The van der Waals surface area contributed by atoms with E-state index < -0.39 is 12.6 Å². The van der Waals surface area contributed by atoms with Crippen molar-refractivity contribution in [3.63, 3.8) is 0 Å². The lowest BCUT2D eigenvalue weighted by Crippen LogP contribution is -2.18. The van der Waals surface area contributed by atoms with Gasteiger partial charge >= 0.3 is 0 Å². The topological polar surface area (TPSA) is 46.2 Å². The Kier molecular flexibility index (Phi) is 1.76. The van der Waals surface area contributed by atoms with Crippen molar-refractivity contribution in [2.75, 3.05) is 0 Å². The molecule has 0 saturated carbocycles. The third-order valence-corrected chi connectivity index (χ3v) is 1.15. The quantitative estimate of drug-likeness (QED) is 0.551. The van der Waals surface area contributed by atoms with Gasteiger partial charge in [0.05, 0.1) is 0 Å². The highest BCUT2D eigenvalue weighted by Gasteiger charge is 2.20. The first-order chi connectivity index (χ1) is 5.45. The molecule has 2 atom stereocenters. The van der Waals surface area contributed by atoms with E-state index in [2.05, 4.69) is 19.6 Å². The minimum absolute atomic E-state index is 0.522. The molecule has 2 rings (SSSR count). The largest absolute Gasteiger partial charge is 0.343 e. The Morgan fingerprint density at radius 2 is 1.45 bits per heavy atom. The monoisotopic (exact) mass is 158 g/mol. The Morgan fingerprint density at radius 1 is 0.909 bits per heavy atom. The second-order valence-corrected chi connectivity index (χ2v) is 1.91. The van der Waals surface area contributed by atoms with E-state index in [1.165, 1.54) is 12.5 Å². The number of hydrogen-bond donors (Lipinski definition) is 0. The van der Waals surface area contributed by atoms with E-state index in [4.69, 9.17) is 4.74 Å². The molecule has 2 heterocycles. The molecule has 2 aliphatic rings. The summed E-state index contributed by atoms with van der Waals surface area (Å²) in [4.78, 5) is 18.1. The first-order valence-corrected chi connectivity index (χ1v) is 3.08. The zero-order chi connectivity index (χ0) is 7.52. The SMILES string of the molecule is C1=CC(OC2C=COO2)OO1. The summed E-state index contributed by atoms with van der Waals surface area (Å²) in [7, 11) is 0. The van der Waals surface area contributed by atoms with Crippen molar-refractivity contribution in [3.05, 3.63) is 24.7 Å². The van der Waals surface area contributed by atoms with Crippen molar-refractivity contribution < 1.29 is 24.3 Å². The molecule has 5 nitrogen and oxygen atoms in total. The molecule has 2 unspecified atom stereocenters. The maximum atomic E-state index is 5.10. The molecule has 2 aliphatic heterocycles. The van der Waals surface area contributed by atoms with Gasteiger partial charge in [0.2, 0.25) is 12.6 Å². The Labute approximate surface area is 62.6 Å². The summed E-state index contributed by atoms with van der Waals surface area (Å²) in [5.41, 5.74) is 0. The minimum Gasteiger partial charge on any atom is -0.343 e. The summed E-state index contributed by atoms with van der Waals surface area (Å²) < 4.78 is 5.10. The van der Waals surface area contributed by atoms with Crippen molar-refractivity contribution in [1.82, 2.24) is 0 Å². The van der Waals surface area contributed by atoms with Gasteiger partial charge in [-0.05, 0) is 0 Å². The van der Waals surface area contributed by atoms with Gasteiger partial charge in [0.15, 0.2) is 0 Å². The Bertz CT molecular complexity index is 167. The molecular formula is C6H6O5. The van der Waals surface area contributed by atoms with Crippen LogP contribution in [0, 0.1) is 0 Å². The lowest BCUT2D eigenvalue weighted by atomic mass is 10.6. The summed E-state index contributed by atoms with van der Waals surface area (Å²) in [5.74, 6) is 0. The van der Waals surface area contributed by atoms with E-state index in [1.54, 1.807) is 12.2 Å². The fourth-order valence-corrected chi connectivity index (χ4v) is 0.699. The highest BCUT2D eigenvalue weighted by Crippen LogP contribution is 2.13. The second kappa shape index (κ2) is 2.91. The van der Waals surface area contributed by atoms with E-state index in [1.807, 2.05) is 0 Å². The summed E-state index contributed by atoms with van der Waals surface area (Å²) in [6.45, 7) is 0. The molecule has 0 saturated heterocycles. The molecule has 0 spiro atoms. The van der Waals surface area contributed by atoms with Crippen molar-refractivity contribution in [3.8, 4) is 0 Å². The van der Waals surface area contributed by atoms with Crippen molar-refractivity contribution in [1.29, 1.82) is 0 Å². The van der Waals surface area contributed by atoms with Gasteiger partial charge in [-0.2, -0.15) is 9.78 Å². The van der Waals surface area contributed by atoms with Crippen LogP contribution >= 0.6 is 0 Å². The van der Waals surface area contributed by atoms with Gasteiger partial charge in [-0.1, -0.05) is 0 Å². The summed E-state index contributed by atoms with van der Waals surface area (Å²) >= 11 is 0. The van der Waals surface area contributed by atoms with Crippen molar-refractivity contribution in [2.45, 2.75) is 12.6 Å². The molecule has 60 valence electrons. The molecule has 0 N–H and O–H groups in total. The lowest BCUT2D eigenvalue weighted by molar-refractivity contribution is -0.376. The third-order valence-electron chi connectivity index (χ3n) is 1.15. The number of hydrogen-bond acceptors (Lipinski definition) is 5. The molecule has 11 heavy (non-hydrogen) atoms. The van der Waals surface area contributed by atoms with Gasteiger partial charge in [-0.3, -0.25) is 0 Å². The average molecular weight is 158 g/mol. The van der Waals surface area contributed by atoms with Crippen LogP contribution in [-0.4, -0.2) is 12.6 Å². The molecule has 0 bridgehead atoms. The predicted octanol–water partition coefficient (Wildman–Crippen LogP) is 0.606. The molecular weight excluding hydrogens is 152 g/mol. The standard InChI is InChI=1S/C6H6O5/c1-3-7-10-5(1)9-6-2-4-8-11-6/h1-6H. The van der Waals surface area contributed by atoms with Crippen LogP contribution in [0.3, 0.4) is 0 Å². The van der Waals surface area contributed by atoms with Crippen LogP contribution in [0.4, 0.5) is 0 Å². The van der Waals surface area contributed by atoms with Gasteiger partial charge in [0, 0.05) is 12.2 Å². The van der Waals surface area contributed by atoms with Crippen LogP contribution in [0.5, 0.6) is 0 Å². The van der Waals surface area contributed by atoms with E-state index >= 15 is 0 Å². The van der Waals surface area contributed by atoms with Crippen LogP contribution in [0.25, 0.3) is 0 Å². The van der Waals surface area contributed by atoms with Gasteiger partial charge in [0.1, 0.15) is 12.5 Å². The van der Waals surface area contributed by atoms with Gasteiger partial charge < -0.3 is 14.5 Å². The van der Waals surface area contributed by atoms with E-state index in [-0.39, 0.29) is 0 Å². The second-order valence-electron chi connectivity index (χ2n) is 1.91. The van der Waals surface area contributed by atoms with Gasteiger partial charge in [0.25, 0.3) is 0 Å². The van der Waals surface area contributed by atoms with Gasteiger partial charge in [-0.25, -0.2) is 0 Å².